The van der Waals surface area contributed by atoms with Crippen LogP contribution in [0, 0.1) is 13.8 Å². The number of hydrogen-bond acceptors (Lipinski definition) is 4. The van der Waals surface area contributed by atoms with Crippen LogP contribution in [0.25, 0.3) is 0 Å². The van der Waals surface area contributed by atoms with E-state index in [-0.39, 0.29) is 18.1 Å². The lowest BCUT2D eigenvalue weighted by atomic mass is 10.1. The van der Waals surface area contributed by atoms with Gasteiger partial charge in [-0.05, 0) is 33.3 Å². The Morgan fingerprint density at radius 3 is 2.63 bits per heavy atom. The molecule has 2 atom stereocenters. The van der Waals surface area contributed by atoms with Crippen molar-refractivity contribution in [2.45, 2.75) is 59.0 Å². The van der Waals surface area contributed by atoms with Crippen LogP contribution in [0.5, 0.6) is 0 Å². The molecular weight excluding hydrogens is 242 g/mol. The number of carbonyl (C=O) groups excluding carboxylic acids is 1. The zero-order valence-corrected chi connectivity index (χ0v) is 12.6. The fraction of sp³-hybridized carbons (Fsp3) is 0.667. The fourth-order valence-corrected chi connectivity index (χ4v) is 2.29. The van der Waals surface area contributed by atoms with E-state index in [1.54, 1.807) is 0 Å². The van der Waals surface area contributed by atoms with Gasteiger partial charge in [-0.25, -0.2) is 0 Å². The second-order valence-corrected chi connectivity index (χ2v) is 4.97. The fourth-order valence-electron chi connectivity index (χ4n) is 2.29. The van der Waals surface area contributed by atoms with Crippen molar-refractivity contribution >= 4 is 5.97 Å². The van der Waals surface area contributed by atoms with Crippen LogP contribution in [0.1, 0.15) is 56.2 Å². The average molecular weight is 267 g/mol. The normalized spacial score (nSPS) is 14.2. The second-order valence-electron chi connectivity index (χ2n) is 4.97. The van der Waals surface area contributed by atoms with Crippen LogP contribution in [0.15, 0.2) is 10.5 Å². The quantitative estimate of drug-likeness (QED) is 0.770. The van der Waals surface area contributed by atoms with Gasteiger partial charge in [0.2, 0.25) is 0 Å². The maximum atomic E-state index is 11.8. The minimum Gasteiger partial charge on any atom is -0.468 e. The minimum absolute atomic E-state index is 0.0680. The molecule has 1 heterocycles. The number of methoxy groups -OCH3 is 1. The van der Waals surface area contributed by atoms with Crippen molar-refractivity contribution in [3.05, 3.63) is 23.2 Å². The van der Waals surface area contributed by atoms with Crippen molar-refractivity contribution in [2.75, 3.05) is 7.11 Å². The number of carbonyl (C=O) groups is 1. The van der Waals surface area contributed by atoms with E-state index < -0.39 is 0 Å². The van der Waals surface area contributed by atoms with Gasteiger partial charge in [-0.2, -0.15) is 0 Å². The first-order chi connectivity index (χ1) is 8.99. The molecule has 2 unspecified atom stereocenters. The summed E-state index contributed by atoms with van der Waals surface area (Å²) >= 11 is 0. The standard InChI is InChI=1S/C15H25NO3/c1-6-7-8-14(15(17)18-5)16-11(3)13-9-10(2)19-12(13)4/h9,11,14,16H,6-8H2,1-5H3. The molecule has 1 rings (SSSR count). The first-order valence-electron chi connectivity index (χ1n) is 6.90. The molecule has 108 valence electrons. The number of unbranched alkanes of at least 4 members (excludes halogenated alkanes) is 1. The van der Waals surface area contributed by atoms with Crippen molar-refractivity contribution in [2.24, 2.45) is 0 Å². The van der Waals surface area contributed by atoms with Crippen molar-refractivity contribution in [3.8, 4) is 0 Å². The molecule has 19 heavy (non-hydrogen) atoms. The molecule has 0 saturated heterocycles. The van der Waals surface area contributed by atoms with Crippen molar-refractivity contribution < 1.29 is 13.9 Å². The molecule has 1 N–H and O–H groups in total. The predicted octanol–water partition coefficient (Wildman–Crippen LogP) is 3.28. The zero-order valence-electron chi connectivity index (χ0n) is 12.6. The minimum atomic E-state index is -0.255. The Labute approximate surface area is 115 Å². The summed E-state index contributed by atoms with van der Waals surface area (Å²) in [6.07, 6.45) is 2.86. The largest absolute Gasteiger partial charge is 0.468 e. The summed E-state index contributed by atoms with van der Waals surface area (Å²) in [7, 11) is 1.43. The molecule has 4 nitrogen and oxygen atoms in total. The topological polar surface area (TPSA) is 51.5 Å². The van der Waals surface area contributed by atoms with Gasteiger partial charge in [0.05, 0.1) is 7.11 Å². The lowest BCUT2D eigenvalue weighted by molar-refractivity contribution is -0.143. The maximum Gasteiger partial charge on any atom is 0.322 e. The molecule has 0 spiro atoms. The lowest BCUT2D eigenvalue weighted by Gasteiger charge is -2.21. The Morgan fingerprint density at radius 1 is 1.47 bits per heavy atom. The van der Waals surface area contributed by atoms with Gasteiger partial charge in [-0.1, -0.05) is 19.8 Å². The Hall–Kier alpha value is -1.29. The average Bonchev–Trinajstić information content (AvgIpc) is 2.72. The molecule has 0 aliphatic rings. The van der Waals surface area contributed by atoms with E-state index in [2.05, 4.69) is 12.2 Å². The number of esters is 1. The summed E-state index contributed by atoms with van der Waals surface area (Å²) < 4.78 is 10.4. The predicted molar refractivity (Wildman–Crippen MR) is 75.1 cm³/mol. The summed E-state index contributed by atoms with van der Waals surface area (Å²) in [5.41, 5.74) is 1.10. The molecule has 0 aromatic carbocycles. The van der Waals surface area contributed by atoms with Gasteiger partial charge in [-0.15, -0.1) is 0 Å². The summed E-state index contributed by atoms with van der Waals surface area (Å²) in [5.74, 6) is 1.60. The van der Waals surface area contributed by atoms with Gasteiger partial charge in [0, 0.05) is 11.6 Å². The first kappa shape index (κ1) is 15.8. The highest BCUT2D eigenvalue weighted by molar-refractivity contribution is 5.75. The zero-order chi connectivity index (χ0) is 14.4. The summed E-state index contributed by atoms with van der Waals surface area (Å²) in [4.78, 5) is 11.8. The van der Waals surface area contributed by atoms with E-state index in [1.165, 1.54) is 7.11 Å². The maximum absolute atomic E-state index is 11.8. The first-order valence-corrected chi connectivity index (χ1v) is 6.90. The third-order valence-electron chi connectivity index (χ3n) is 3.33. The highest BCUT2D eigenvalue weighted by atomic mass is 16.5. The van der Waals surface area contributed by atoms with E-state index in [4.69, 9.17) is 9.15 Å². The van der Waals surface area contributed by atoms with Gasteiger partial charge < -0.3 is 9.15 Å². The Bertz CT molecular complexity index is 412. The number of rotatable bonds is 7. The third kappa shape index (κ3) is 4.39. The summed E-state index contributed by atoms with van der Waals surface area (Å²) in [5, 5.41) is 3.34. The lowest BCUT2D eigenvalue weighted by Crippen LogP contribution is -2.39. The molecule has 1 aromatic rings. The van der Waals surface area contributed by atoms with Crippen LogP contribution < -0.4 is 5.32 Å². The van der Waals surface area contributed by atoms with Crippen LogP contribution >= 0.6 is 0 Å². The van der Waals surface area contributed by atoms with E-state index in [0.717, 1.165) is 36.3 Å². The van der Waals surface area contributed by atoms with Gasteiger partial charge in [0.15, 0.2) is 0 Å². The van der Waals surface area contributed by atoms with Crippen LogP contribution in [0.3, 0.4) is 0 Å². The van der Waals surface area contributed by atoms with Crippen LogP contribution in [0.4, 0.5) is 0 Å². The Balaban J connectivity index is 2.72. The van der Waals surface area contributed by atoms with Crippen LogP contribution in [-0.4, -0.2) is 19.1 Å². The smallest absolute Gasteiger partial charge is 0.322 e. The second kappa shape index (κ2) is 7.34. The summed E-state index contributed by atoms with van der Waals surface area (Å²) in [6.45, 7) is 8.03. The van der Waals surface area contributed by atoms with Crippen molar-refractivity contribution in [3.63, 3.8) is 0 Å². The molecule has 0 aliphatic carbocycles. The SMILES string of the molecule is CCCCC(NC(C)c1cc(C)oc1C)C(=O)OC. The Morgan fingerprint density at radius 2 is 2.16 bits per heavy atom. The molecule has 0 saturated carbocycles. The van der Waals surface area contributed by atoms with E-state index in [9.17, 15) is 4.79 Å². The van der Waals surface area contributed by atoms with Crippen LogP contribution in [0.2, 0.25) is 0 Å². The number of furan rings is 1. The third-order valence-corrected chi connectivity index (χ3v) is 3.33. The number of ether oxygens (including phenoxy) is 1. The highest BCUT2D eigenvalue weighted by Gasteiger charge is 2.22. The number of aryl methyl sites for hydroxylation is 2. The van der Waals surface area contributed by atoms with Gasteiger partial charge in [0.1, 0.15) is 17.6 Å². The van der Waals surface area contributed by atoms with E-state index in [0.29, 0.717) is 0 Å². The highest BCUT2D eigenvalue weighted by Crippen LogP contribution is 2.22. The molecular formula is C15H25NO3. The molecule has 4 heteroatoms. The number of hydrogen-bond donors (Lipinski definition) is 1. The molecule has 0 fully saturated rings. The van der Waals surface area contributed by atoms with E-state index >= 15 is 0 Å². The van der Waals surface area contributed by atoms with Gasteiger partial charge in [0.25, 0.3) is 0 Å². The Kier molecular flexibility index (Phi) is 6.09. The molecule has 0 aliphatic heterocycles. The van der Waals surface area contributed by atoms with Crippen molar-refractivity contribution in [1.82, 2.24) is 5.32 Å². The van der Waals surface area contributed by atoms with E-state index in [1.807, 2.05) is 26.8 Å². The molecule has 0 radical (unpaired) electrons. The summed E-state index contributed by atoms with van der Waals surface area (Å²) in [6, 6.07) is 1.83. The molecule has 1 aromatic heterocycles. The van der Waals surface area contributed by atoms with Crippen molar-refractivity contribution in [1.29, 1.82) is 0 Å². The number of nitrogens with one attached hydrogen (secondary N) is 1. The molecule has 0 bridgehead atoms. The molecule has 0 amide bonds. The monoisotopic (exact) mass is 267 g/mol. The van der Waals surface area contributed by atoms with Gasteiger partial charge >= 0.3 is 5.97 Å². The van der Waals surface area contributed by atoms with Gasteiger partial charge in [-0.3, -0.25) is 10.1 Å². The van der Waals surface area contributed by atoms with Crippen LogP contribution in [-0.2, 0) is 9.53 Å².